The fraction of sp³-hybridized carbons (Fsp3) is 0.579. The van der Waals surface area contributed by atoms with Gasteiger partial charge in [0.1, 0.15) is 6.10 Å². The molecule has 0 aliphatic carbocycles. The SMILES string of the molecule is CC(C)(C)CC(=O)Nc1ccc(CC(=O)N2CCOC(C(F)F)C2)cc1. The van der Waals surface area contributed by atoms with Gasteiger partial charge in [0.05, 0.1) is 19.6 Å². The van der Waals surface area contributed by atoms with E-state index in [2.05, 4.69) is 5.32 Å². The second kappa shape index (κ2) is 8.58. The summed E-state index contributed by atoms with van der Waals surface area (Å²) in [6, 6.07) is 7.00. The smallest absolute Gasteiger partial charge is 0.266 e. The van der Waals surface area contributed by atoms with E-state index in [1.54, 1.807) is 24.3 Å². The van der Waals surface area contributed by atoms with Gasteiger partial charge < -0.3 is 15.0 Å². The van der Waals surface area contributed by atoms with Crippen LogP contribution in [0.5, 0.6) is 0 Å². The first-order valence-electron chi connectivity index (χ1n) is 8.70. The number of hydrogen-bond acceptors (Lipinski definition) is 3. The Morgan fingerprint density at radius 1 is 1.27 bits per heavy atom. The molecular weight excluding hydrogens is 342 g/mol. The van der Waals surface area contributed by atoms with Crippen LogP contribution < -0.4 is 5.32 Å². The first kappa shape index (κ1) is 20.3. The number of rotatable bonds is 5. The van der Waals surface area contributed by atoms with Crippen LogP contribution in [-0.4, -0.2) is 48.9 Å². The highest BCUT2D eigenvalue weighted by atomic mass is 19.3. The molecule has 2 rings (SSSR count). The van der Waals surface area contributed by atoms with Gasteiger partial charge in [0.2, 0.25) is 11.8 Å². The fourth-order valence-corrected chi connectivity index (χ4v) is 2.73. The van der Waals surface area contributed by atoms with Crippen LogP contribution in [0.3, 0.4) is 0 Å². The zero-order valence-corrected chi connectivity index (χ0v) is 15.4. The Bertz CT molecular complexity index is 627. The summed E-state index contributed by atoms with van der Waals surface area (Å²) in [6.45, 7) is 6.34. The molecule has 144 valence electrons. The number of ether oxygens (including phenoxy) is 1. The largest absolute Gasteiger partial charge is 0.369 e. The molecule has 1 fully saturated rings. The van der Waals surface area contributed by atoms with Crippen molar-refractivity contribution in [2.75, 3.05) is 25.0 Å². The van der Waals surface area contributed by atoms with Crippen LogP contribution in [0.1, 0.15) is 32.8 Å². The summed E-state index contributed by atoms with van der Waals surface area (Å²) in [6.07, 6.45) is -3.27. The molecule has 0 aromatic heterocycles. The topological polar surface area (TPSA) is 58.6 Å². The maximum atomic E-state index is 12.7. The molecule has 1 aliphatic rings. The number of amides is 2. The van der Waals surface area contributed by atoms with Crippen LogP contribution in [0.4, 0.5) is 14.5 Å². The summed E-state index contributed by atoms with van der Waals surface area (Å²) >= 11 is 0. The predicted molar refractivity (Wildman–Crippen MR) is 95.2 cm³/mol. The molecule has 1 saturated heterocycles. The number of halogens is 2. The molecule has 7 heteroatoms. The van der Waals surface area contributed by atoms with E-state index in [1.807, 2.05) is 20.8 Å². The third-order valence-electron chi connectivity index (χ3n) is 4.01. The Morgan fingerprint density at radius 3 is 2.50 bits per heavy atom. The van der Waals surface area contributed by atoms with Crippen LogP contribution in [0.15, 0.2) is 24.3 Å². The van der Waals surface area contributed by atoms with Gasteiger partial charge in [0.25, 0.3) is 6.43 Å². The first-order chi connectivity index (χ1) is 12.1. The van der Waals surface area contributed by atoms with Crippen LogP contribution in [0.2, 0.25) is 0 Å². The minimum Gasteiger partial charge on any atom is -0.369 e. The second-order valence-electron chi connectivity index (χ2n) is 7.74. The van der Waals surface area contributed by atoms with Crippen LogP contribution >= 0.6 is 0 Å². The Labute approximate surface area is 152 Å². The average Bonchev–Trinajstić information content (AvgIpc) is 2.55. The quantitative estimate of drug-likeness (QED) is 0.869. The fourth-order valence-electron chi connectivity index (χ4n) is 2.73. The molecule has 1 aliphatic heterocycles. The van der Waals surface area contributed by atoms with Crippen molar-refractivity contribution in [3.63, 3.8) is 0 Å². The molecule has 1 aromatic rings. The summed E-state index contributed by atoms with van der Waals surface area (Å²) < 4.78 is 30.4. The number of nitrogens with zero attached hydrogens (tertiary/aromatic N) is 1. The summed E-state index contributed by atoms with van der Waals surface area (Å²) in [5, 5.41) is 2.83. The highest BCUT2D eigenvalue weighted by molar-refractivity contribution is 5.91. The number of anilines is 1. The summed E-state index contributed by atoms with van der Waals surface area (Å²) in [5.41, 5.74) is 1.34. The van der Waals surface area contributed by atoms with E-state index < -0.39 is 12.5 Å². The predicted octanol–water partition coefficient (Wildman–Crippen LogP) is 3.10. The molecule has 1 heterocycles. The third-order valence-corrected chi connectivity index (χ3v) is 4.01. The van der Waals surface area contributed by atoms with Gasteiger partial charge in [-0.2, -0.15) is 0 Å². The lowest BCUT2D eigenvalue weighted by molar-refractivity contribution is -0.145. The average molecular weight is 368 g/mol. The minimum absolute atomic E-state index is 0.0623. The van der Waals surface area contributed by atoms with E-state index in [9.17, 15) is 18.4 Å². The standard InChI is InChI=1S/C19H26F2N2O3/c1-19(2,3)11-16(24)22-14-6-4-13(5-7-14)10-17(25)23-8-9-26-15(12-23)18(20)21/h4-7,15,18H,8-12H2,1-3H3,(H,22,24). The van der Waals surface area contributed by atoms with Gasteiger partial charge >= 0.3 is 0 Å². The van der Waals surface area contributed by atoms with Crippen molar-refractivity contribution in [3.8, 4) is 0 Å². The van der Waals surface area contributed by atoms with Crippen molar-refractivity contribution in [2.24, 2.45) is 5.41 Å². The third kappa shape index (κ3) is 6.37. The molecule has 0 spiro atoms. The monoisotopic (exact) mass is 368 g/mol. The molecule has 1 unspecified atom stereocenters. The van der Waals surface area contributed by atoms with Crippen molar-refractivity contribution in [2.45, 2.75) is 46.1 Å². The first-order valence-corrected chi connectivity index (χ1v) is 8.70. The summed E-state index contributed by atoms with van der Waals surface area (Å²) in [5.74, 6) is -0.267. The lowest BCUT2D eigenvalue weighted by Crippen LogP contribution is -2.48. The van der Waals surface area contributed by atoms with Crippen molar-refractivity contribution < 1.29 is 23.1 Å². The molecule has 2 amide bonds. The van der Waals surface area contributed by atoms with E-state index >= 15 is 0 Å². The molecule has 0 bridgehead atoms. The maximum absolute atomic E-state index is 12.7. The van der Waals surface area contributed by atoms with E-state index in [0.29, 0.717) is 18.7 Å². The van der Waals surface area contributed by atoms with Crippen LogP contribution in [0.25, 0.3) is 0 Å². The highest BCUT2D eigenvalue weighted by Crippen LogP contribution is 2.20. The number of benzene rings is 1. The Morgan fingerprint density at radius 2 is 1.92 bits per heavy atom. The zero-order valence-electron chi connectivity index (χ0n) is 15.4. The Hall–Kier alpha value is -2.02. The van der Waals surface area contributed by atoms with Crippen LogP contribution in [-0.2, 0) is 20.7 Å². The van der Waals surface area contributed by atoms with Crippen molar-refractivity contribution in [3.05, 3.63) is 29.8 Å². The number of carbonyl (C=O) groups excluding carboxylic acids is 2. The molecule has 1 N–H and O–H groups in total. The summed E-state index contributed by atoms with van der Waals surface area (Å²) in [4.78, 5) is 25.7. The molecular formula is C19H26F2N2O3. The molecule has 5 nitrogen and oxygen atoms in total. The van der Waals surface area contributed by atoms with Gasteiger partial charge in [-0.3, -0.25) is 9.59 Å². The lowest BCUT2D eigenvalue weighted by Gasteiger charge is -2.32. The number of carbonyl (C=O) groups is 2. The zero-order chi connectivity index (χ0) is 19.3. The van der Waals surface area contributed by atoms with E-state index in [-0.39, 0.29) is 36.8 Å². The van der Waals surface area contributed by atoms with E-state index in [0.717, 1.165) is 5.56 Å². The molecule has 1 atom stereocenters. The minimum atomic E-state index is -2.60. The van der Waals surface area contributed by atoms with Gasteiger partial charge in [-0.05, 0) is 23.1 Å². The maximum Gasteiger partial charge on any atom is 0.266 e. The van der Waals surface area contributed by atoms with Gasteiger partial charge in [0.15, 0.2) is 0 Å². The van der Waals surface area contributed by atoms with Crippen molar-refractivity contribution in [1.82, 2.24) is 4.90 Å². The van der Waals surface area contributed by atoms with Gasteiger partial charge in [-0.1, -0.05) is 32.9 Å². The van der Waals surface area contributed by atoms with Gasteiger partial charge in [-0.15, -0.1) is 0 Å². The van der Waals surface area contributed by atoms with E-state index in [1.165, 1.54) is 4.90 Å². The Kier molecular flexibility index (Phi) is 6.69. The molecule has 26 heavy (non-hydrogen) atoms. The van der Waals surface area contributed by atoms with E-state index in [4.69, 9.17) is 4.74 Å². The number of nitrogens with one attached hydrogen (secondary N) is 1. The lowest BCUT2D eigenvalue weighted by atomic mass is 9.92. The second-order valence-corrected chi connectivity index (χ2v) is 7.74. The number of hydrogen-bond donors (Lipinski definition) is 1. The molecule has 1 aromatic carbocycles. The van der Waals surface area contributed by atoms with Gasteiger partial charge in [-0.25, -0.2) is 8.78 Å². The molecule has 0 radical (unpaired) electrons. The van der Waals surface area contributed by atoms with Gasteiger partial charge in [0, 0.05) is 18.7 Å². The van der Waals surface area contributed by atoms with Crippen LogP contribution in [0, 0.1) is 5.41 Å². The number of morpholine rings is 1. The molecule has 0 saturated carbocycles. The summed E-state index contributed by atoms with van der Waals surface area (Å²) in [7, 11) is 0. The number of alkyl halides is 2. The highest BCUT2D eigenvalue weighted by Gasteiger charge is 2.30. The Balaban J connectivity index is 1.88. The normalized spacial score (nSPS) is 18.1. The van der Waals surface area contributed by atoms with Crippen molar-refractivity contribution >= 4 is 17.5 Å². The van der Waals surface area contributed by atoms with Crippen molar-refractivity contribution in [1.29, 1.82) is 0 Å².